The fourth-order valence-corrected chi connectivity index (χ4v) is 1.06. The van der Waals surface area contributed by atoms with Crippen molar-refractivity contribution in [1.29, 1.82) is 0 Å². The van der Waals surface area contributed by atoms with Crippen LogP contribution in [0.1, 0.15) is 18.9 Å². The van der Waals surface area contributed by atoms with Crippen molar-refractivity contribution in [2.24, 2.45) is 0 Å². The van der Waals surface area contributed by atoms with E-state index in [-0.39, 0.29) is 0 Å². The summed E-state index contributed by atoms with van der Waals surface area (Å²) in [4.78, 5) is 3.88. The summed E-state index contributed by atoms with van der Waals surface area (Å²) >= 11 is 5.69. The third-order valence-corrected chi connectivity index (χ3v) is 1.61. The van der Waals surface area contributed by atoms with Crippen LogP contribution in [0.2, 0.25) is 5.15 Å². The lowest BCUT2D eigenvalue weighted by molar-refractivity contribution is 0.121. The van der Waals surface area contributed by atoms with E-state index in [9.17, 15) is 0 Å². The van der Waals surface area contributed by atoms with Gasteiger partial charge in [0.2, 0.25) is 0 Å². The zero-order valence-corrected chi connectivity index (χ0v) is 7.84. The Bertz CT molecular complexity index is 240. The molecule has 0 atom stereocenters. The second-order valence-corrected chi connectivity index (χ2v) is 2.93. The lowest BCUT2D eigenvalue weighted by Crippen LogP contribution is -1.94. The van der Waals surface area contributed by atoms with Crippen molar-refractivity contribution in [2.45, 2.75) is 20.0 Å². The zero-order chi connectivity index (χ0) is 8.81. The molecule has 3 heteroatoms. The average molecular weight is 186 g/mol. The van der Waals surface area contributed by atoms with E-state index in [1.807, 2.05) is 12.1 Å². The first-order valence-electron chi connectivity index (χ1n) is 4.01. The summed E-state index contributed by atoms with van der Waals surface area (Å²) in [5.74, 6) is 0. The smallest absolute Gasteiger partial charge is 0.129 e. The van der Waals surface area contributed by atoms with Crippen LogP contribution < -0.4 is 0 Å². The van der Waals surface area contributed by atoms with Crippen LogP contribution in [0.4, 0.5) is 0 Å². The van der Waals surface area contributed by atoms with Gasteiger partial charge in [0.15, 0.2) is 0 Å². The van der Waals surface area contributed by atoms with Gasteiger partial charge in [-0.1, -0.05) is 18.5 Å². The molecule has 0 aliphatic heterocycles. The fraction of sp³-hybridized carbons (Fsp3) is 0.444. The predicted molar refractivity (Wildman–Crippen MR) is 49.2 cm³/mol. The molecule has 0 saturated heterocycles. The van der Waals surface area contributed by atoms with Gasteiger partial charge >= 0.3 is 0 Å². The maximum atomic E-state index is 5.69. The normalized spacial score (nSPS) is 10.2. The van der Waals surface area contributed by atoms with Crippen molar-refractivity contribution in [3.05, 3.63) is 29.0 Å². The summed E-state index contributed by atoms with van der Waals surface area (Å²) in [6.07, 6.45) is 2.73. The highest BCUT2D eigenvalue weighted by atomic mass is 35.5. The number of nitrogens with zero attached hydrogens (tertiary/aromatic N) is 1. The summed E-state index contributed by atoms with van der Waals surface area (Å²) in [6.45, 7) is 3.50. The number of aromatic nitrogens is 1. The molecule has 0 spiro atoms. The number of halogens is 1. The molecule has 0 saturated carbocycles. The van der Waals surface area contributed by atoms with E-state index in [0.717, 1.165) is 18.6 Å². The summed E-state index contributed by atoms with van der Waals surface area (Å²) in [7, 11) is 0. The minimum absolute atomic E-state index is 0.521. The van der Waals surface area contributed by atoms with Crippen molar-refractivity contribution >= 4 is 11.6 Å². The van der Waals surface area contributed by atoms with Gasteiger partial charge in [-0.3, -0.25) is 0 Å². The first kappa shape index (κ1) is 9.49. The molecule has 2 nitrogen and oxygen atoms in total. The predicted octanol–water partition coefficient (Wildman–Crippen LogP) is 2.66. The quantitative estimate of drug-likeness (QED) is 0.532. The molecular weight excluding hydrogens is 174 g/mol. The number of hydrogen-bond acceptors (Lipinski definition) is 2. The van der Waals surface area contributed by atoms with Crippen LogP contribution in [-0.4, -0.2) is 11.6 Å². The molecule has 0 aromatic carbocycles. The van der Waals surface area contributed by atoms with Gasteiger partial charge in [-0.05, 0) is 24.1 Å². The maximum Gasteiger partial charge on any atom is 0.129 e. The van der Waals surface area contributed by atoms with Crippen molar-refractivity contribution in [3.8, 4) is 0 Å². The monoisotopic (exact) mass is 185 g/mol. The van der Waals surface area contributed by atoms with Gasteiger partial charge in [0.25, 0.3) is 0 Å². The Kier molecular flexibility index (Phi) is 4.05. The van der Waals surface area contributed by atoms with E-state index in [1.54, 1.807) is 6.20 Å². The molecule has 1 heterocycles. The lowest BCUT2D eigenvalue weighted by atomic mass is 10.3. The van der Waals surface area contributed by atoms with Gasteiger partial charge in [-0.25, -0.2) is 4.98 Å². The Labute approximate surface area is 77.5 Å². The molecule has 12 heavy (non-hydrogen) atoms. The van der Waals surface area contributed by atoms with Crippen LogP contribution in [0.5, 0.6) is 0 Å². The largest absolute Gasteiger partial charge is 0.377 e. The van der Waals surface area contributed by atoms with Crippen LogP contribution in [0.15, 0.2) is 18.3 Å². The molecule has 1 rings (SSSR count). The topological polar surface area (TPSA) is 22.1 Å². The van der Waals surface area contributed by atoms with Gasteiger partial charge in [0.1, 0.15) is 5.15 Å². The molecule has 0 unspecified atom stereocenters. The van der Waals surface area contributed by atoms with E-state index >= 15 is 0 Å². The van der Waals surface area contributed by atoms with Crippen LogP contribution in [-0.2, 0) is 11.3 Å². The number of hydrogen-bond donors (Lipinski definition) is 0. The molecular formula is C9H12ClNO. The highest BCUT2D eigenvalue weighted by molar-refractivity contribution is 6.29. The number of rotatable bonds is 4. The van der Waals surface area contributed by atoms with Crippen LogP contribution in [0, 0.1) is 0 Å². The molecule has 0 fully saturated rings. The van der Waals surface area contributed by atoms with Crippen molar-refractivity contribution < 1.29 is 4.74 Å². The molecule has 1 aromatic rings. The summed E-state index contributed by atoms with van der Waals surface area (Å²) < 4.78 is 5.34. The third kappa shape index (κ3) is 3.20. The summed E-state index contributed by atoms with van der Waals surface area (Å²) in [6, 6.07) is 3.72. The van der Waals surface area contributed by atoms with Crippen molar-refractivity contribution in [2.75, 3.05) is 6.61 Å². The van der Waals surface area contributed by atoms with Crippen molar-refractivity contribution in [1.82, 2.24) is 4.98 Å². The lowest BCUT2D eigenvalue weighted by Gasteiger charge is -2.01. The highest BCUT2D eigenvalue weighted by Crippen LogP contribution is 2.07. The van der Waals surface area contributed by atoms with Crippen LogP contribution in [0.25, 0.3) is 0 Å². The minimum atomic E-state index is 0.521. The van der Waals surface area contributed by atoms with Gasteiger partial charge < -0.3 is 4.74 Å². The first-order valence-corrected chi connectivity index (χ1v) is 4.39. The van der Waals surface area contributed by atoms with Gasteiger partial charge in [0, 0.05) is 12.8 Å². The minimum Gasteiger partial charge on any atom is -0.377 e. The Morgan fingerprint density at radius 1 is 1.58 bits per heavy atom. The summed E-state index contributed by atoms with van der Waals surface area (Å²) in [5, 5.41) is 0.521. The van der Waals surface area contributed by atoms with E-state index in [0.29, 0.717) is 11.8 Å². The Hall–Kier alpha value is -0.600. The number of ether oxygens (including phenoxy) is 1. The van der Waals surface area contributed by atoms with Gasteiger partial charge in [-0.15, -0.1) is 0 Å². The highest BCUT2D eigenvalue weighted by Gasteiger charge is 1.93. The first-order chi connectivity index (χ1) is 5.83. The van der Waals surface area contributed by atoms with E-state index < -0.39 is 0 Å². The molecule has 66 valence electrons. The molecule has 0 radical (unpaired) electrons. The van der Waals surface area contributed by atoms with Crippen LogP contribution in [0.3, 0.4) is 0 Å². The third-order valence-electron chi connectivity index (χ3n) is 1.41. The zero-order valence-electron chi connectivity index (χ0n) is 7.09. The second kappa shape index (κ2) is 5.12. The fourth-order valence-electron chi connectivity index (χ4n) is 0.867. The molecule has 1 aromatic heterocycles. The van der Waals surface area contributed by atoms with E-state index in [2.05, 4.69) is 11.9 Å². The Balaban J connectivity index is 2.41. The Morgan fingerprint density at radius 3 is 3.08 bits per heavy atom. The standard InChI is InChI=1S/C9H12ClNO/c1-2-5-12-7-8-3-4-11-9(10)6-8/h3-4,6H,2,5,7H2,1H3. The van der Waals surface area contributed by atoms with E-state index in [4.69, 9.17) is 16.3 Å². The average Bonchev–Trinajstić information content (AvgIpc) is 2.05. The number of pyridine rings is 1. The van der Waals surface area contributed by atoms with Crippen LogP contribution >= 0.6 is 11.6 Å². The molecule has 0 aliphatic rings. The molecule has 0 bridgehead atoms. The molecule has 0 aliphatic carbocycles. The van der Waals surface area contributed by atoms with Gasteiger partial charge in [0.05, 0.1) is 6.61 Å². The summed E-state index contributed by atoms with van der Waals surface area (Å²) in [5.41, 5.74) is 1.07. The van der Waals surface area contributed by atoms with Gasteiger partial charge in [-0.2, -0.15) is 0 Å². The second-order valence-electron chi connectivity index (χ2n) is 2.54. The SMILES string of the molecule is CCCOCc1ccnc(Cl)c1. The molecule has 0 amide bonds. The van der Waals surface area contributed by atoms with Crippen molar-refractivity contribution in [3.63, 3.8) is 0 Å². The molecule has 0 N–H and O–H groups in total. The Morgan fingerprint density at radius 2 is 2.42 bits per heavy atom. The maximum absolute atomic E-state index is 5.69. The van der Waals surface area contributed by atoms with E-state index in [1.165, 1.54) is 0 Å².